The molecule has 1 heterocycles. The van der Waals surface area contributed by atoms with Crippen LogP contribution in [0.25, 0.3) is 5.69 Å². The third-order valence-electron chi connectivity index (χ3n) is 3.03. The summed E-state index contributed by atoms with van der Waals surface area (Å²) in [6.45, 7) is 0. The molecule has 0 saturated carbocycles. The minimum absolute atomic E-state index is 0.0396. The molecule has 11 heteroatoms. The molecule has 0 amide bonds. The number of aromatic nitrogens is 1. The average molecular weight is 394 g/mol. The van der Waals surface area contributed by atoms with E-state index in [0.717, 1.165) is 23.9 Å². The molecule has 0 aliphatic rings. The quantitative estimate of drug-likeness (QED) is 0.797. The fraction of sp³-hybridized carbons (Fsp3) is 0.143. The van der Waals surface area contributed by atoms with Gasteiger partial charge in [0.05, 0.1) is 29.1 Å². The number of carbonyl (C=O) groups is 1. The number of rotatable bonds is 3. The molecule has 6 nitrogen and oxygen atoms in total. The predicted molar refractivity (Wildman–Crippen MR) is 82.9 cm³/mol. The summed E-state index contributed by atoms with van der Waals surface area (Å²) in [5.74, 6) is -1.68. The van der Waals surface area contributed by atoms with Gasteiger partial charge >= 0.3 is 12.3 Å². The molecule has 0 saturated heterocycles. The van der Waals surface area contributed by atoms with Crippen LogP contribution < -0.4 is 10.5 Å². The maximum atomic E-state index is 12.5. The molecule has 132 valence electrons. The molecule has 25 heavy (non-hydrogen) atoms. The van der Waals surface area contributed by atoms with Crippen molar-refractivity contribution in [2.45, 2.75) is 6.36 Å². The second kappa shape index (κ2) is 6.74. The van der Waals surface area contributed by atoms with E-state index < -0.39 is 23.1 Å². The highest BCUT2D eigenvalue weighted by molar-refractivity contribution is 6.43. The van der Waals surface area contributed by atoms with Gasteiger partial charge in [-0.3, -0.25) is 0 Å². The van der Waals surface area contributed by atoms with Crippen molar-refractivity contribution in [1.29, 1.82) is 5.26 Å². The number of nitrogen functional groups attached to an aromatic ring is 1. The van der Waals surface area contributed by atoms with Gasteiger partial charge in [0.25, 0.3) is 0 Å². The molecule has 0 unspecified atom stereocenters. The molecule has 0 aliphatic heterocycles. The molecule has 0 spiro atoms. The van der Waals surface area contributed by atoms with Crippen molar-refractivity contribution in [3.63, 3.8) is 0 Å². The van der Waals surface area contributed by atoms with E-state index in [4.69, 9.17) is 34.2 Å². The van der Waals surface area contributed by atoms with Crippen LogP contribution in [0.5, 0.6) is 5.75 Å². The van der Waals surface area contributed by atoms with Gasteiger partial charge < -0.3 is 19.8 Å². The van der Waals surface area contributed by atoms with Crippen LogP contribution in [0, 0.1) is 11.3 Å². The Labute approximate surface area is 149 Å². The van der Waals surface area contributed by atoms with E-state index >= 15 is 0 Å². The number of alkyl halides is 3. The van der Waals surface area contributed by atoms with Crippen LogP contribution >= 0.6 is 23.2 Å². The van der Waals surface area contributed by atoms with Gasteiger partial charge in [0.2, 0.25) is 0 Å². The third kappa shape index (κ3) is 3.75. The number of anilines is 1. The molecule has 0 radical (unpaired) electrons. The van der Waals surface area contributed by atoms with Gasteiger partial charge in [-0.15, -0.1) is 13.2 Å². The standard InChI is InChI=1S/C14H8Cl2F3N3O3/c1-24-13(23)12-11(21)6(4-20)5-22(12)7-2-8(15)10(16)9(3-7)25-14(17,18)19/h2-3,5H,21H2,1H3. The lowest BCUT2D eigenvalue weighted by Crippen LogP contribution is -2.18. The molecule has 0 fully saturated rings. The lowest BCUT2D eigenvalue weighted by atomic mass is 10.2. The summed E-state index contributed by atoms with van der Waals surface area (Å²) >= 11 is 11.6. The summed E-state index contributed by atoms with van der Waals surface area (Å²) in [5.41, 5.74) is 5.15. The largest absolute Gasteiger partial charge is 0.573 e. The van der Waals surface area contributed by atoms with Gasteiger partial charge in [0.1, 0.15) is 11.1 Å². The van der Waals surface area contributed by atoms with Gasteiger partial charge in [-0.1, -0.05) is 23.2 Å². The van der Waals surface area contributed by atoms with E-state index in [0.29, 0.717) is 0 Å². The van der Waals surface area contributed by atoms with Crippen LogP contribution in [0.3, 0.4) is 0 Å². The lowest BCUT2D eigenvalue weighted by Gasteiger charge is -2.14. The summed E-state index contributed by atoms with van der Waals surface area (Å²) in [6.07, 6.45) is -3.86. The monoisotopic (exact) mass is 393 g/mol. The van der Waals surface area contributed by atoms with Gasteiger partial charge in [-0.2, -0.15) is 5.26 Å². The van der Waals surface area contributed by atoms with Crippen LogP contribution in [0.15, 0.2) is 18.3 Å². The summed E-state index contributed by atoms with van der Waals surface area (Å²) in [4.78, 5) is 11.9. The Hall–Kier alpha value is -2.57. The Bertz CT molecular complexity index is 888. The number of hydrogen-bond acceptors (Lipinski definition) is 5. The molecular weight excluding hydrogens is 386 g/mol. The number of methoxy groups -OCH3 is 1. The normalized spacial score (nSPS) is 11.1. The number of benzene rings is 1. The zero-order chi connectivity index (χ0) is 18.9. The number of carbonyl (C=O) groups excluding carboxylic acids is 1. The first-order valence-corrected chi connectivity index (χ1v) is 7.09. The van der Waals surface area contributed by atoms with Crippen LogP contribution in [-0.4, -0.2) is 24.0 Å². The molecule has 2 rings (SSSR count). The van der Waals surface area contributed by atoms with Crippen LogP contribution in [0.1, 0.15) is 16.1 Å². The fourth-order valence-corrected chi connectivity index (χ4v) is 2.36. The Kier molecular flexibility index (Phi) is 5.06. The molecule has 2 aromatic rings. The molecule has 1 aromatic carbocycles. The Morgan fingerprint density at radius 2 is 2.00 bits per heavy atom. The lowest BCUT2D eigenvalue weighted by molar-refractivity contribution is -0.274. The summed E-state index contributed by atoms with van der Waals surface area (Å²) in [6, 6.07) is 3.84. The van der Waals surface area contributed by atoms with E-state index in [1.807, 2.05) is 0 Å². The van der Waals surface area contributed by atoms with Crippen molar-refractivity contribution in [1.82, 2.24) is 4.57 Å². The number of nitriles is 1. The minimum atomic E-state index is -5.01. The van der Waals surface area contributed by atoms with E-state index in [2.05, 4.69) is 9.47 Å². The Balaban J connectivity index is 2.71. The topological polar surface area (TPSA) is 90.3 Å². The van der Waals surface area contributed by atoms with E-state index in [-0.39, 0.29) is 27.7 Å². The van der Waals surface area contributed by atoms with Crippen molar-refractivity contribution < 1.29 is 27.4 Å². The van der Waals surface area contributed by atoms with Crippen LogP contribution in [0.4, 0.5) is 18.9 Å². The van der Waals surface area contributed by atoms with Gasteiger partial charge in [0, 0.05) is 12.3 Å². The highest BCUT2D eigenvalue weighted by Gasteiger charge is 2.33. The molecule has 0 atom stereocenters. The second-order valence-electron chi connectivity index (χ2n) is 4.57. The molecule has 2 N–H and O–H groups in total. The first-order valence-electron chi connectivity index (χ1n) is 6.33. The molecule has 1 aromatic heterocycles. The van der Waals surface area contributed by atoms with Crippen molar-refractivity contribution in [2.24, 2.45) is 0 Å². The first kappa shape index (κ1) is 18.8. The first-order chi connectivity index (χ1) is 11.6. The number of nitrogens with zero attached hydrogens (tertiary/aromatic N) is 2. The third-order valence-corrected chi connectivity index (χ3v) is 3.81. The maximum absolute atomic E-state index is 12.5. The molecular formula is C14H8Cl2F3N3O3. The maximum Gasteiger partial charge on any atom is 0.573 e. The van der Waals surface area contributed by atoms with Crippen molar-refractivity contribution in [3.05, 3.63) is 39.6 Å². The highest BCUT2D eigenvalue weighted by Crippen LogP contribution is 2.38. The van der Waals surface area contributed by atoms with Crippen molar-refractivity contribution in [2.75, 3.05) is 12.8 Å². The van der Waals surface area contributed by atoms with Crippen molar-refractivity contribution >= 4 is 34.9 Å². The predicted octanol–water partition coefficient (Wildman–Crippen LogP) is 3.92. The minimum Gasteiger partial charge on any atom is -0.464 e. The smallest absolute Gasteiger partial charge is 0.464 e. The SMILES string of the molecule is COC(=O)c1c(N)c(C#N)cn1-c1cc(Cl)c(Cl)c(OC(F)(F)F)c1. The van der Waals surface area contributed by atoms with Gasteiger partial charge in [-0.25, -0.2) is 4.79 Å². The highest BCUT2D eigenvalue weighted by atomic mass is 35.5. The molecule has 0 bridgehead atoms. The Morgan fingerprint density at radius 1 is 1.36 bits per heavy atom. The fourth-order valence-electron chi connectivity index (χ4n) is 2.01. The number of esters is 1. The summed E-state index contributed by atoms with van der Waals surface area (Å²) < 4.78 is 47.0. The van der Waals surface area contributed by atoms with E-state index in [1.165, 1.54) is 6.07 Å². The molecule has 0 aliphatic carbocycles. The van der Waals surface area contributed by atoms with Gasteiger partial charge in [0.15, 0.2) is 11.4 Å². The van der Waals surface area contributed by atoms with Gasteiger partial charge in [-0.05, 0) is 6.07 Å². The van der Waals surface area contributed by atoms with E-state index in [9.17, 15) is 18.0 Å². The number of nitrogens with two attached hydrogens (primary N) is 1. The average Bonchev–Trinajstić information content (AvgIpc) is 2.86. The number of ether oxygens (including phenoxy) is 2. The van der Waals surface area contributed by atoms with Crippen molar-refractivity contribution in [3.8, 4) is 17.5 Å². The number of halogens is 5. The Morgan fingerprint density at radius 3 is 2.52 bits per heavy atom. The zero-order valence-corrected chi connectivity index (χ0v) is 13.8. The van der Waals surface area contributed by atoms with Crippen LogP contribution in [0.2, 0.25) is 10.0 Å². The zero-order valence-electron chi connectivity index (χ0n) is 12.3. The second-order valence-corrected chi connectivity index (χ2v) is 5.35. The van der Waals surface area contributed by atoms with E-state index in [1.54, 1.807) is 6.07 Å². The van der Waals surface area contributed by atoms with Crippen LogP contribution in [-0.2, 0) is 4.74 Å². The summed E-state index contributed by atoms with van der Waals surface area (Å²) in [7, 11) is 1.08. The number of hydrogen-bond donors (Lipinski definition) is 1. The summed E-state index contributed by atoms with van der Waals surface area (Å²) in [5, 5.41) is 8.31.